The van der Waals surface area contributed by atoms with Gasteiger partial charge in [-0.15, -0.1) is 0 Å². The van der Waals surface area contributed by atoms with Crippen LogP contribution in [0.25, 0.3) is 6.08 Å². The molecule has 6 nitrogen and oxygen atoms in total. The monoisotopic (exact) mass is 462 g/mol. The highest BCUT2D eigenvalue weighted by Gasteiger charge is 2.28. The maximum absolute atomic E-state index is 11.7. The number of nitrogens with zero attached hydrogens (tertiary/aromatic N) is 1. The van der Waals surface area contributed by atoms with E-state index in [1.165, 1.54) is 17.2 Å². The second-order valence-electron chi connectivity index (χ2n) is 9.40. The first-order valence-corrected chi connectivity index (χ1v) is 11.8. The highest BCUT2D eigenvalue weighted by Crippen LogP contribution is 2.32. The summed E-state index contributed by atoms with van der Waals surface area (Å²) in [6.07, 6.45) is 5.31. The van der Waals surface area contributed by atoms with Gasteiger partial charge in [0.15, 0.2) is 0 Å². The van der Waals surface area contributed by atoms with Crippen LogP contribution in [0.5, 0.6) is 5.75 Å². The molecule has 1 aliphatic rings. The minimum Gasteiger partial charge on any atom is -0.489 e. The lowest BCUT2D eigenvalue weighted by Crippen LogP contribution is -2.46. The average molecular weight is 463 g/mol. The zero-order valence-corrected chi connectivity index (χ0v) is 20.2. The molecule has 34 heavy (non-hydrogen) atoms. The summed E-state index contributed by atoms with van der Waals surface area (Å²) in [5.74, 6) is 0.463. The lowest BCUT2D eigenvalue weighted by Gasteiger charge is -2.30. The molecule has 0 aliphatic heterocycles. The number of nitriles is 1. The third kappa shape index (κ3) is 7.18. The molecule has 0 radical (unpaired) electrons. The quantitative estimate of drug-likeness (QED) is 0.387. The SMILES string of the molecule is CCOC(=O)/C=C/c1cccc(C#N)c1OC[C@@H](O)CNC(C)(C)CC1Cc2ccccc2C1. The first-order chi connectivity index (χ1) is 16.3. The van der Waals surface area contributed by atoms with E-state index >= 15 is 0 Å². The van der Waals surface area contributed by atoms with Crippen LogP contribution in [0.15, 0.2) is 48.5 Å². The lowest BCUT2D eigenvalue weighted by molar-refractivity contribution is -0.137. The lowest BCUT2D eigenvalue weighted by atomic mass is 9.88. The molecule has 0 spiro atoms. The van der Waals surface area contributed by atoms with E-state index in [0.717, 1.165) is 19.3 Å². The Morgan fingerprint density at radius 3 is 2.59 bits per heavy atom. The normalized spacial score (nSPS) is 14.6. The number of esters is 1. The van der Waals surface area contributed by atoms with Crippen molar-refractivity contribution in [1.29, 1.82) is 5.26 Å². The number of carbonyl (C=O) groups excluding carboxylic acids is 1. The van der Waals surface area contributed by atoms with Crippen molar-refractivity contribution in [3.63, 3.8) is 0 Å². The minimum absolute atomic E-state index is 0.0247. The van der Waals surface area contributed by atoms with Crippen LogP contribution in [-0.4, -0.2) is 42.5 Å². The van der Waals surface area contributed by atoms with Gasteiger partial charge in [0.1, 0.15) is 24.5 Å². The maximum atomic E-state index is 11.7. The van der Waals surface area contributed by atoms with Crippen molar-refractivity contribution in [1.82, 2.24) is 5.32 Å². The number of hydrogen-bond acceptors (Lipinski definition) is 6. The van der Waals surface area contributed by atoms with E-state index in [4.69, 9.17) is 9.47 Å². The predicted octanol–water partition coefficient (Wildman–Crippen LogP) is 4.05. The Morgan fingerprint density at radius 2 is 1.94 bits per heavy atom. The first kappa shape index (κ1) is 25.5. The summed E-state index contributed by atoms with van der Waals surface area (Å²) in [5, 5.41) is 23.5. The third-order valence-corrected chi connectivity index (χ3v) is 6.02. The smallest absolute Gasteiger partial charge is 0.330 e. The van der Waals surface area contributed by atoms with Crippen molar-refractivity contribution in [2.24, 2.45) is 5.92 Å². The van der Waals surface area contributed by atoms with E-state index in [-0.39, 0.29) is 18.8 Å². The predicted molar refractivity (Wildman–Crippen MR) is 132 cm³/mol. The van der Waals surface area contributed by atoms with Gasteiger partial charge in [0, 0.05) is 23.7 Å². The Kier molecular flexibility index (Phi) is 8.86. The molecule has 1 atom stereocenters. The van der Waals surface area contributed by atoms with Gasteiger partial charge >= 0.3 is 5.97 Å². The van der Waals surface area contributed by atoms with E-state index in [9.17, 15) is 15.2 Å². The highest BCUT2D eigenvalue weighted by molar-refractivity contribution is 5.87. The Balaban J connectivity index is 1.53. The standard InChI is InChI=1S/C28H34N2O4/c1-4-33-26(32)13-12-21-10-7-11-24(17-29)27(21)34-19-25(31)18-30-28(2,3)16-20-14-22-8-5-6-9-23(22)15-20/h5-13,20,25,30-31H,4,14-16,18-19H2,1-3H3/b13-12+/t25-/m0/s1. The number of ether oxygens (including phenoxy) is 2. The molecular weight excluding hydrogens is 428 g/mol. The van der Waals surface area contributed by atoms with Crippen LogP contribution in [0.2, 0.25) is 0 Å². The summed E-state index contributed by atoms with van der Waals surface area (Å²) >= 11 is 0. The van der Waals surface area contributed by atoms with Crippen LogP contribution in [0, 0.1) is 17.2 Å². The molecule has 0 saturated heterocycles. The van der Waals surface area contributed by atoms with Crippen molar-refractivity contribution < 1.29 is 19.4 Å². The molecule has 3 rings (SSSR count). The van der Waals surface area contributed by atoms with Gasteiger partial charge in [0.25, 0.3) is 0 Å². The Labute approximate surface area is 202 Å². The fourth-order valence-electron chi connectivity index (χ4n) is 4.50. The molecule has 2 aromatic rings. The molecule has 0 bridgehead atoms. The van der Waals surface area contributed by atoms with Crippen LogP contribution in [0.1, 0.15) is 49.4 Å². The fraction of sp³-hybridized carbons (Fsp3) is 0.429. The first-order valence-electron chi connectivity index (χ1n) is 11.8. The molecule has 0 fully saturated rings. The van der Waals surface area contributed by atoms with Crippen LogP contribution in [0.3, 0.4) is 0 Å². The molecule has 0 unspecified atom stereocenters. The third-order valence-electron chi connectivity index (χ3n) is 6.02. The number of rotatable bonds is 11. The van der Waals surface area contributed by atoms with Crippen molar-refractivity contribution in [2.75, 3.05) is 19.8 Å². The van der Waals surface area contributed by atoms with Gasteiger partial charge in [-0.25, -0.2) is 4.79 Å². The summed E-state index contributed by atoms with van der Waals surface area (Å²) in [5.41, 5.74) is 3.67. The van der Waals surface area contributed by atoms with E-state index in [1.807, 2.05) is 0 Å². The molecule has 0 saturated carbocycles. The summed E-state index contributed by atoms with van der Waals surface area (Å²) in [6.45, 7) is 6.74. The van der Waals surface area contributed by atoms with E-state index in [1.54, 1.807) is 31.2 Å². The van der Waals surface area contributed by atoms with Crippen LogP contribution < -0.4 is 10.1 Å². The summed E-state index contributed by atoms with van der Waals surface area (Å²) < 4.78 is 10.7. The molecule has 0 aromatic heterocycles. The molecule has 2 aromatic carbocycles. The van der Waals surface area contributed by atoms with Gasteiger partial charge in [0.2, 0.25) is 0 Å². The number of para-hydroxylation sites is 1. The number of benzene rings is 2. The Morgan fingerprint density at radius 1 is 1.24 bits per heavy atom. The van der Waals surface area contributed by atoms with Crippen LogP contribution in [0.4, 0.5) is 0 Å². The maximum Gasteiger partial charge on any atom is 0.330 e. The topological polar surface area (TPSA) is 91.6 Å². The van der Waals surface area contributed by atoms with Gasteiger partial charge in [-0.3, -0.25) is 0 Å². The van der Waals surface area contributed by atoms with Crippen molar-refractivity contribution >= 4 is 12.0 Å². The summed E-state index contributed by atoms with van der Waals surface area (Å²) in [4.78, 5) is 11.7. The number of aliphatic hydroxyl groups excluding tert-OH is 1. The van der Waals surface area contributed by atoms with Gasteiger partial charge in [-0.1, -0.05) is 36.4 Å². The van der Waals surface area contributed by atoms with Crippen LogP contribution in [-0.2, 0) is 22.4 Å². The van der Waals surface area contributed by atoms with Crippen molar-refractivity contribution in [2.45, 2.75) is 51.7 Å². The molecule has 1 aliphatic carbocycles. The number of hydrogen-bond donors (Lipinski definition) is 2. The van der Waals surface area contributed by atoms with E-state index in [2.05, 4.69) is 49.5 Å². The molecule has 0 amide bonds. The zero-order chi connectivity index (χ0) is 24.6. The fourth-order valence-corrected chi connectivity index (χ4v) is 4.50. The largest absolute Gasteiger partial charge is 0.489 e. The summed E-state index contributed by atoms with van der Waals surface area (Å²) in [6, 6.07) is 15.8. The second kappa shape index (κ2) is 11.8. The van der Waals surface area contributed by atoms with Gasteiger partial charge in [-0.2, -0.15) is 5.26 Å². The number of aliphatic hydroxyl groups is 1. The van der Waals surface area contributed by atoms with Gasteiger partial charge in [0.05, 0.1) is 12.2 Å². The average Bonchev–Trinajstić information content (AvgIpc) is 3.21. The molecule has 2 N–H and O–H groups in total. The highest BCUT2D eigenvalue weighted by atomic mass is 16.5. The number of β-amino-alcohol motifs (C(OH)–C–C–N with tert-alkyl or cyclic N) is 1. The van der Waals surface area contributed by atoms with E-state index in [0.29, 0.717) is 29.3 Å². The van der Waals surface area contributed by atoms with Gasteiger partial charge in [-0.05, 0) is 69.2 Å². The zero-order valence-electron chi connectivity index (χ0n) is 20.2. The molecule has 180 valence electrons. The molecule has 6 heteroatoms. The number of carbonyl (C=O) groups is 1. The van der Waals surface area contributed by atoms with Crippen molar-refractivity contribution in [3.05, 3.63) is 70.8 Å². The van der Waals surface area contributed by atoms with Gasteiger partial charge < -0.3 is 19.9 Å². The van der Waals surface area contributed by atoms with E-state index < -0.39 is 12.1 Å². The molecular formula is C28H34N2O4. The number of fused-ring (bicyclic) bond motifs is 1. The van der Waals surface area contributed by atoms with Crippen molar-refractivity contribution in [3.8, 4) is 11.8 Å². The Bertz CT molecular complexity index is 1030. The van der Waals surface area contributed by atoms with Crippen LogP contribution >= 0.6 is 0 Å². The Hall–Kier alpha value is -3.14. The second-order valence-corrected chi connectivity index (χ2v) is 9.40. The minimum atomic E-state index is -0.756. The summed E-state index contributed by atoms with van der Waals surface area (Å²) in [7, 11) is 0. The molecule has 0 heterocycles. The number of nitrogens with one attached hydrogen (secondary N) is 1.